The van der Waals surface area contributed by atoms with Gasteiger partial charge in [-0.3, -0.25) is 9.59 Å². The van der Waals surface area contributed by atoms with E-state index >= 15 is 0 Å². The fourth-order valence-corrected chi connectivity index (χ4v) is 3.84. The third-order valence-electron chi connectivity index (χ3n) is 5.45. The Balaban J connectivity index is 1.36. The van der Waals surface area contributed by atoms with Crippen molar-refractivity contribution in [1.82, 2.24) is 10.3 Å². The first kappa shape index (κ1) is 23.4. The number of rotatable bonds is 8. The largest absolute Gasteiger partial charge is 0.493 e. The number of benzene rings is 2. The van der Waals surface area contributed by atoms with Crippen LogP contribution < -0.4 is 19.5 Å². The van der Waals surface area contributed by atoms with Crippen LogP contribution in [0.2, 0.25) is 5.02 Å². The van der Waals surface area contributed by atoms with Gasteiger partial charge in [0.25, 0.3) is 5.91 Å². The van der Waals surface area contributed by atoms with E-state index in [1.165, 1.54) is 0 Å². The van der Waals surface area contributed by atoms with Crippen molar-refractivity contribution in [1.29, 1.82) is 0 Å². The number of pyridine rings is 1. The summed E-state index contributed by atoms with van der Waals surface area (Å²) in [5.41, 5.74) is 2.02. The molecule has 0 spiro atoms. The fraction of sp³-hybridized carbons (Fsp3) is 0.240. The molecule has 3 aromatic rings. The summed E-state index contributed by atoms with van der Waals surface area (Å²) in [7, 11) is 1.56. The van der Waals surface area contributed by atoms with Gasteiger partial charge in [-0.2, -0.15) is 0 Å². The van der Waals surface area contributed by atoms with Gasteiger partial charge in [-0.1, -0.05) is 17.7 Å². The summed E-state index contributed by atoms with van der Waals surface area (Å²) >= 11 is 6.34. The maximum absolute atomic E-state index is 12.4. The summed E-state index contributed by atoms with van der Waals surface area (Å²) in [5.74, 6) is 0.0424. The van der Waals surface area contributed by atoms with E-state index in [1.807, 2.05) is 6.07 Å². The van der Waals surface area contributed by atoms with E-state index in [4.69, 9.17) is 25.8 Å². The van der Waals surface area contributed by atoms with Crippen LogP contribution >= 0.6 is 11.6 Å². The smallest absolute Gasteiger partial charge is 0.311 e. The molecule has 0 aliphatic carbocycles. The van der Waals surface area contributed by atoms with Crippen LogP contribution in [0, 0.1) is 0 Å². The van der Waals surface area contributed by atoms with E-state index in [0.29, 0.717) is 60.2 Å². The van der Waals surface area contributed by atoms with Gasteiger partial charge in [-0.05, 0) is 48.7 Å². The highest BCUT2D eigenvalue weighted by molar-refractivity contribution is 6.32. The number of carboxylic acids is 1. The second kappa shape index (κ2) is 10.4. The number of carboxylic acid groups (broad SMARTS) is 1. The predicted molar refractivity (Wildman–Crippen MR) is 125 cm³/mol. The molecule has 8 nitrogen and oxygen atoms in total. The minimum atomic E-state index is -0.913. The van der Waals surface area contributed by atoms with Crippen LogP contribution in [0.5, 0.6) is 23.1 Å². The van der Waals surface area contributed by atoms with E-state index in [2.05, 4.69) is 10.3 Å². The van der Waals surface area contributed by atoms with Crippen molar-refractivity contribution < 1.29 is 28.9 Å². The Morgan fingerprint density at radius 1 is 1.21 bits per heavy atom. The maximum Gasteiger partial charge on any atom is 0.311 e. The van der Waals surface area contributed by atoms with Crippen molar-refractivity contribution in [3.05, 3.63) is 76.4 Å². The SMILES string of the molecule is COc1ccc(CCNC(=O)c2ccc(Oc3cc4c(cc3Cl)C(C(=O)O)CCO4)cc2)cn1. The van der Waals surface area contributed by atoms with E-state index < -0.39 is 11.9 Å². The number of methoxy groups -OCH3 is 1. The molecule has 1 aliphatic heterocycles. The Bertz CT molecular complexity index is 1180. The third-order valence-corrected chi connectivity index (χ3v) is 5.75. The standard InChI is InChI=1S/C25H23ClN2O6/c1-32-23-7-2-15(14-28-23)8-10-27-24(29)16-3-5-17(6-4-16)34-22-13-21-19(12-20(22)26)18(25(30)31)9-11-33-21/h2-7,12-14,18H,8-11H2,1H3,(H,27,29)(H,30,31). The molecule has 34 heavy (non-hydrogen) atoms. The Hall–Kier alpha value is -3.78. The first-order valence-electron chi connectivity index (χ1n) is 10.7. The number of nitrogens with one attached hydrogen (secondary N) is 1. The minimum absolute atomic E-state index is 0.201. The molecule has 1 aromatic heterocycles. The van der Waals surface area contributed by atoms with Crippen LogP contribution in [0.3, 0.4) is 0 Å². The fourth-order valence-electron chi connectivity index (χ4n) is 3.63. The minimum Gasteiger partial charge on any atom is -0.493 e. The van der Waals surface area contributed by atoms with Gasteiger partial charge in [0.05, 0.1) is 24.7 Å². The van der Waals surface area contributed by atoms with Crippen molar-refractivity contribution in [2.75, 3.05) is 20.3 Å². The molecule has 4 rings (SSSR count). The number of hydrogen-bond acceptors (Lipinski definition) is 6. The number of fused-ring (bicyclic) bond motifs is 1. The normalized spacial score (nSPS) is 14.5. The second-order valence-corrected chi connectivity index (χ2v) is 8.10. The summed E-state index contributed by atoms with van der Waals surface area (Å²) in [6.07, 6.45) is 2.75. The lowest BCUT2D eigenvalue weighted by molar-refractivity contribution is -0.139. The van der Waals surface area contributed by atoms with Gasteiger partial charge < -0.3 is 24.6 Å². The van der Waals surface area contributed by atoms with E-state index in [-0.39, 0.29) is 10.9 Å². The van der Waals surface area contributed by atoms with Gasteiger partial charge >= 0.3 is 5.97 Å². The lowest BCUT2D eigenvalue weighted by Crippen LogP contribution is -2.25. The molecular weight excluding hydrogens is 460 g/mol. The zero-order valence-corrected chi connectivity index (χ0v) is 19.2. The Morgan fingerprint density at radius 3 is 2.68 bits per heavy atom. The Morgan fingerprint density at radius 2 is 2.00 bits per heavy atom. The number of halogens is 1. The van der Waals surface area contributed by atoms with Crippen molar-refractivity contribution in [2.45, 2.75) is 18.8 Å². The van der Waals surface area contributed by atoms with Crippen LogP contribution in [0.25, 0.3) is 0 Å². The van der Waals surface area contributed by atoms with Crippen LogP contribution in [0.1, 0.15) is 33.8 Å². The molecule has 2 N–H and O–H groups in total. The van der Waals surface area contributed by atoms with Crippen LogP contribution in [-0.4, -0.2) is 42.2 Å². The van der Waals surface area contributed by atoms with Gasteiger partial charge in [-0.25, -0.2) is 4.98 Å². The maximum atomic E-state index is 12.4. The van der Waals surface area contributed by atoms with Gasteiger partial charge in [0, 0.05) is 36.0 Å². The molecule has 1 atom stereocenters. The van der Waals surface area contributed by atoms with Crippen molar-refractivity contribution in [3.63, 3.8) is 0 Å². The average molecular weight is 483 g/mol. The first-order chi connectivity index (χ1) is 16.4. The summed E-state index contributed by atoms with van der Waals surface area (Å²) in [6, 6.07) is 13.5. The highest BCUT2D eigenvalue weighted by atomic mass is 35.5. The zero-order chi connectivity index (χ0) is 24.1. The Kier molecular flexibility index (Phi) is 7.18. The monoisotopic (exact) mass is 482 g/mol. The molecule has 0 radical (unpaired) electrons. The highest BCUT2D eigenvalue weighted by Gasteiger charge is 2.29. The number of aromatic nitrogens is 1. The third kappa shape index (κ3) is 5.40. The van der Waals surface area contributed by atoms with Crippen LogP contribution in [-0.2, 0) is 11.2 Å². The van der Waals surface area contributed by atoms with E-state index in [9.17, 15) is 14.7 Å². The molecule has 0 saturated carbocycles. The van der Waals surface area contributed by atoms with Gasteiger partial charge in [0.2, 0.25) is 5.88 Å². The lowest BCUT2D eigenvalue weighted by atomic mass is 9.93. The number of aliphatic carboxylic acids is 1. The summed E-state index contributed by atoms with van der Waals surface area (Å²) in [4.78, 5) is 28.1. The molecule has 0 bridgehead atoms. The molecule has 9 heteroatoms. The van der Waals surface area contributed by atoms with Crippen LogP contribution in [0.15, 0.2) is 54.7 Å². The van der Waals surface area contributed by atoms with Crippen molar-refractivity contribution in [3.8, 4) is 23.1 Å². The molecule has 1 amide bonds. The van der Waals surface area contributed by atoms with E-state index in [1.54, 1.807) is 55.8 Å². The summed E-state index contributed by atoms with van der Waals surface area (Å²) in [6.45, 7) is 0.775. The Labute approximate surface area is 201 Å². The predicted octanol–water partition coefficient (Wildman–Crippen LogP) is 4.46. The number of ether oxygens (including phenoxy) is 3. The summed E-state index contributed by atoms with van der Waals surface area (Å²) in [5, 5.41) is 12.6. The van der Waals surface area contributed by atoms with Crippen molar-refractivity contribution >= 4 is 23.5 Å². The van der Waals surface area contributed by atoms with Crippen molar-refractivity contribution in [2.24, 2.45) is 0 Å². The zero-order valence-electron chi connectivity index (χ0n) is 18.4. The molecule has 2 aromatic carbocycles. The molecule has 176 valence electrons. The molecular formula is C25H23ClN2O6. The van der Waals surface area contributed by atoms with Gasteiger partial charge in [-0.15, -0.1) is 0 Å². The van der Waals surface area contributed by atoms with E-state index in [0.717, 1.165) is 5.56 Å². The average Bonchev–Trinajstić information content (AvgIpc) is 2.85. The number of carbonyl (C=O) groups excluding carboxylic acids is 1. The van der Waals surface area contributed by atoms with Crippen LogP contribution in [0.4, 0.5) is 0 Å². The topological polar surface area (TPSA) is 107 Å². The number of hydrogen-bond donors (Lipinski definition) is 2. The molecule has 2 heterocycles. The number of nitrogens with zero attached hydrogens (tertiary/aromatic N) is 1. The first-order valence-corrected chi connectivity index (χ1v) is 11.1. The second-order valence-electron chi connectivity index (χ2n) is 7.69. The molecule has 0 saturated heterocycles. The highest BCUT2D eigenvalue weighted by Crippen LogP contribution is 2.41. The molecule has 0 fully saturated rings. The number of amides is 1. The van der Waals surface area contributed by atoms with Gasteiger partial charge in [0.15, 0.2) is 0 Å². The summed E-state index contributed by atoms with van der Waals surface area (Å²) < 4.78 is 16.5. The van der Waals surface area contributed by atoms with Gasteiger partial charge in [0.1, 0.15) is 17.2 Å². The quantitative estimate of drug-likeness (QED) is 0.488. The molecule has 1 aliphatic rings. The lowest BCUT2D eigenvalue weighted by Gasteiger charge is -2.24. The molecule has 1 unspecified atom stereocenters. The number of carbonyl (C=O) groups is 2.